The summed E-state index contributed by atoms with van der Waals surface area (Å²) in [5, 5.41) is 7.78. The maximum absolute atomic E-state index is 13.5. The first kappa shape index (κ1) is 14.7. The minimum absolute atomic E-state index is 0.0800. The number of rotatable bonds is 5. The molecule has 0 aliphatic rings. The molecule has 1 aromatic heterocycles. The number of hydrogen-bond donors (Lipinski definition) is 2. The van der Waals surface area contributed by atoms with E-state index in [1.165, 1.54) is 6.07 Å². The summed E-state index contributed by atoms with van der Waals surface area (Å²) >= 11 is 1.64. The van der Waals surface area contributed by atoms with Crippen LogP contribution in [0.25, 0.3) is 0 Å². The van der Waals surface area contributed by atoms with Gasteiger partial charge in [0.25, 0.3) is 0 Å². The number of carbonyl (C=O) groups excluding carboxylic acids is 1. The van der Waals surface area contributed by atoms with E-state index < -0.39 is 11.9 Å². The fourth-order valence-corrected chi connectivity index (χ4v) is 2.62. The van der Waals surface area contributed by atoms with E-state index in [4.69, 9.17) is 0 Å². The highest BCUT2D eigenvalue weighted by Crippen LogP contribution is 2.19. The van der Waals surface area contributed by atoms with Gasteiger partial charge in [-0.25, -0.2) is 4.39 Å². The van der Waals surface area contributed by atoms with Crippen molar-refractivity contribution >= 4 is 22.9 Å². The van der Waals surface area contributed by atoms with Gasteiger partial charge in [-0.3, -0.25) is 10.1 Å². The predicted molar refractivity (Wildman–Crippen MR) is 80.4 cm³/mol. The van der Waals surface area contributed by atoms with Crippen LogP contribution >= 0.6 is 11.3 Å². The quantitative estimate of drug-likeness (QED) is 0.884. The van der Waals surface area contributed by atoms with Gasteiger partial charge >= 0.3 is 0 Å². The molecule has 0 aliphatic heterocycles. The molecule has 2 aromatic rings. The lowest BCUT2D eigenvalue weighted by atomic mass is 10.2. The molecule has 2 N–H and O–H groups in total. The summed E-state index contributed by atoms with van der Waals surface area (Å²) in [5.41, 5.74) is 0.204. The molecule has 3 nitrogen and oxygen atoms in total. The number of amides is 1. The van der Waals surface area contributed by atoms with Crippen molar-refractivity contribution in [3.63, 3.8) is 0 Å². The molecule has 0 fully saturated rings. The Morgan fingerprint density at radius 2 is 1.95 bits per heavy atom. The van der Waals surface area contributed by atoms with Gasteiger partial charge < -0.3 is 5.32 Å². The highest BCUT2D eigenvalue weighted by Gasteiger charge is 2.17. The summed E-state index contributed by atoms with van der Waals surface area (Å²) in [7, 11) is 0. The van der Waals surface area contributed by atoms with Gasteiger partial charge in [-0.15, -0.1) is 11.3 Å². The molecule has 1 aromatic carbocycles. The van der Waals surface area contributed by atoms with Crippen molar-refractivity contribution in [3.05, 3.63) is 52.5 Å². The van der Waals surface area contributed by atoms with Crippen LogP contribution in [-0.2, 0) is 4.79 Å². The largest absolute Gasteiger partial charge is 0.322 e. The molecular formula is C15H17FN2OS. The summed E-state index contributed by atoms with van der Waals surface area (Å²) in [6.45, 7) is 3.76. The van der Waals surface area contributed by atoms with Gasteiger partial charge in [-0.05, 0) is 37.4 Å². The predicted octanol–water partition coefficient (Wildman–Crippen LogP) is 3.57. The first-order valence-electron chi connectivity index (χ1n) is 6.43. The summed E-state index contributed by atoms with van der Waals surface area (Å²) in [6.07, 6.45) is 0. The van der Waals surface area contributed by atoms with Crippen molar-refractivity contribution in [3.8, 4) is 0 Å². The van der Waals surface area contributed by atoms with Gasteiger partial charge in [0.05, 0.1) is 11.7 Å². The van der Waals surface area contributed by atoms with Crippen LogP contribution in [0.1, 0.15) is 24.8 Å². The van der Waals surface area contributed by atoms with Crippen molar-refractivity contribution in [2.75, 3.05) is 5.32 Å². The average Bonchev–Trinajstić information content (AvgIpc) is 2.95. The van der Waals surface area contributed by atoms with Gasteiger partial charge in [0.15, 0.2) is 0 Å². The smallest absolute Gasteiger partial charge is 0.241 e. The lowest BCUT2D eigenvalue weighted by molar-refractivity contribution is -0.118. The minimum atomic E-state index is -0.431. The lowest BCUT2D eigenvalue weighted by Gasteiger charge is -2.19. The molecule has 106 valence electrons. The molecule has 0 spiro atoms. The van der Waals surface area contributed by atoms with Crippen molar-refractivity contribution < 1.29 is 9.18 Å². The Labute approximate surface area is 121 Å². The molecule has 5 heteroatoms. The second-order valence-electron chi connectivity index (χ2n) is 4.59. The zero-order valence-electron chi connectivity index (χ0n) is 11.4. The Hall–Kier alpha value is -1.72. The molecule has 0 unspecified atom stereocenters. The van der Waals surface area contributed by atoms with Crippen LogP contribution < -0.4 is 10.6 Å². The van der Waals surface area contributed by atoms with Gasteiger partial charge in [0, 0.05) is 10.9 Å². The number of para-hydroxylation sites is 1. The number of anilines is 1. The Bertz CT molecular complexity index is 571. The van der Waals surface area contributed by atoms with E-state index in [1.807, 2.05) is 24.4 Å². The topological polar surface area (TPSA) is 41.1 Å². The van der Waals surface area contributed by atoms with E-state index in [0.717, 1.165) is 4.88 Å². The Morgan fingerprint density at radius 3 is 2.60 bits per heavy atom. The average molecular weight is 292 g/mol. The molecule has 0 saturated carbocycles. The van der Waals surface area contributed by atoms with Crippen LogP contribution in [0.5, 0.6) is 0 Å². The number of benzene rings is 1. The van der Waals surface area contributed by atoms with Crippen molar-refractivity contribution in [1.82, 2.24) is 5.32 Å². The van der Waals surface area contributed by atoms with E-state index in [-0.39, 0.29) is 17.6 Å². The van der Waals surface area contributed by atoms with E-state index in [9.17, 15) is 9.18 Å². The molecule has 0 saturated heterocycles. The summed E-state index contributed by atoms with van der Waals surface area (Å²) in [6, 6.07) is 9.80. The summed E-state index contributed by atoms with van der Waals surface area (Å²) < 4.78 is 13.5. The Kier molecular flexibility index (Phi) is 4.87. The van der Waals surface area contributed by atoms with Crippen LogP contribution in [0.4, 0.5) is 10.1 Å². The van der Waals surface area contributed by atoms with Gasteiger partial charge in [-0.2, -0.15) is 0 Å². The highest BCUT2D eigenvalue weighted by atomic mass is 32.1. The molecule has 2 atom stereocenters. The minimum Gasteiger partial charge on any atom is -0.322 e. The maximum Gasteiger partial charge on any atom is 0.241 e. The monoisotopic (exact) mass is 292 g/mol. The van der Waals surface area contributed by atoms with Crippen LogP contribution in [0.3, 0.4) is 0 Å². The molecule has 1 amide bonds. The van der Waals surface area contributed by atoms with E-state index in [1.54, 1.807) is 36.5 Å². The first-order chi connectivity index (χ1) is 9.58. The van der Waals surface area contributed by atoms with Crippen LogP contribution in [0.15, 0.2) is 41.8 Å². The van der Waals surface area contributed by atoms with E-state index >= 15 is 0 Å². The first-order valence-corrected chi connectivity index (χ1v) is 7.30. The zero-order chi connectivity index (χ0) is 14.5. The van der Waals surface area contributed by atoms with Crippen LogP contribution in [0.2, 0.25) is 0 Å². The standard InChI is InChI=1S/C15H17FN2OS/c1-10(14-8-5-9-20-14)17-11(2)15(19)18-13-7-4-3-6-12(13)16/h3-11,17H,1-2H3,(H,18,19)/t10-,11+/m1/s1. The number of nitrogens with one attached hydrogen (secondary N) is 2. The normalized spacial score (nSPS) is 13.8. The van der Waals surface area contributed by atoms with Crippen molar-refractivity contribution in [1.29, 1.82) is 0 Å². The maximum atomic E-state index is 13.5. The summed E-state index contributed by atoms with van der Waals surface area (Å²) in [5.74, 6) is -0.683. The third-order valence-electron chi connectivity index (χ3n) is 2.99. The van der Waals surface area contributed by atoms with E-state index in [0.29, 0.717) is 0 Å². The van der Waals surface area contributed by atoms with E-state index in [2.05, 4.69) is 10.6 Å². The molecule has 0 radical (unpaired) electrons. The molecule has 20 heavy (non-hydrogen) atoms. The molecule has 1 heterocycles. The molecule has 2 rings (SSSR count). The van der Waals surface area contributed by atoms with Crippen LogP contribution in [-0.4, -0.2) is 11.9 Å². The fraction of sp³-hybridized carbons (Fsp3) is 0.267. The number of hydrogen-bond acceptors (Lipinski definition) is 3. The number of carbonyl (C=O) groups is 1. The second kappa shape index (κ2) is 6.63. The van der Waals surface area contributed by atoms with Gasteiger partial charge in [-0.1, -0.05) is 18.2 Å². The Morgan fingerprint density at radius 1 is 1.20 bits per heavy atom. The SMILES string of the molecule is C[C@H](N[C@H](C)c1cccs1)C(=O)Nc1ccccc1F. The fourth-order valence-electron chi connectivity index (χ4n) is 1.87. The number of thiophene rings is 1. The Balaban J connectivity index is 1.94. The summed E-state index contributed by atoms with van der Waals surface area (Å²) in [4.78, 5) is 13.2. The third kappa shape index (κ3) is 3.65. The lowest BCUT2D eigenvalue weighted by Crippen LogP contribution is -2.39. The third-order valence-corrected chi connectivity index (χ3v) is 4.05. The van der Waals surface area contributed by atoms with Crippen LogP contribution in [0, 0.1) is 5.82 Å². The highest BCUT2D eigenvalue weighted by molar-refractivity contribution is 7.10. The molecule has 0 bridgehead atoms. The second-order valence-corrected chi connectivity index (χ2v) is 5.57. The zero-order valence-corrected chi connectivity index (χ0v) is 12.2. The van der Waals surface area contributed by atoms with Gasteiger partial charge in [0.1, 0.15) is 5.82 Å². The molecular weight excluding hydrogens is 275 g/mol. The number of halogens is 1. The van der Waals surface area contributed by atoms with Crippen molar-refractivity contribution in [2.24, 2.45) is 0 Å². The van der Waals surface area contributed by atoms with Crippen molar-refractivity contribution in [2.45, 2.75) is 25.9 Å². The van der Waals surface area contributed by atoms with Gasteiger partial charge in [0.2, 0.25) is 5.91 Å². The molecule has 0 aliphatic carbocycles.